The summed E-state index contributed by atoms with van der Waals surface area (Å²) < 4.78 is 7.16. The highest BCUT2D eigenvalue weighted by Crippen LogP contribution is 2.27. The van der Waals surface area contributed by atoms with Crippen molar-refractivity contribution < 1.29 is 9.52 Å². The fourth-order valence-corrected chi connectivity index (χ4v) is 3.23. The summed E-state index contributed by atoms with van der Waals surface area (Å²) in [6.07, 6.45) is 0. The molecule has 22 heavy (non-hydrogen) atoms. The number of halogens is 2. The molecule has 1 heterocycles. The Morgan fingerprint density at radius 1 is 1.00 bits per heavy atom. The summed E-state index contributed by atoms with van der Waals surface area (Å²) in [6.45, 7) is 0. The van der Waals surface area contributed by atoms with E-state index in [9.17, 15) is 9.90 Å². The van der Waals surface area contributed by atoms with Crippen molar-refractivity contribution in [1.82, 2.24) is 0 Å². The van der Waals surface area contributed by atoms with Gasteiger partial charge in [-0.15, -0.1) is 0 Å². The minimum atomic E-state index is -0.154. The summed E-state index contributed by atoms with van der Waals surface area (Å²) in [5, 5.41) is 9.72. The van der Waals surface area contributed by atoms with E-state index in [2.05, 4.69) is 43.7 Å². The molecule has 0 saturated heterocycles. The van der Waals surface area contributed by atoms with E-state index in [0.717, 1.165) is 10.0 Å². The molecule has 0 atom stereocenters. The molecule has 2 aromatic carbocycles. The highest BCUT2D eigenvalue weighted by atomic mass is 79.9. The summed E-state index contributed by atoms with van der Waals surface area (Å²) >= 11 is 6.73. The molecular weight excluding hydrogens is 412 g/mol. The summed E-state index contributed by atoms with van der Waals surface area (Å²) in [5.74, 6) is 6.18. The molecule has 3 aromatic rings. The van der Waals surface area contributed by atoms with Gasteiger partial charge in [-0.25, -0.2) is 0 Å². The third kappa shape index (κ3) is 3.08. The van der Waals surface area contributed by atoms with E-state index in [0.29, 0.717) is 15.4 Å². The molecule has 0 unspecified atom stereocenters. The van der Waals surface area contributed by atoms with Crippen LogP contribution >= 0.6 is 31.9 Å². The average molecular weight is 420 g/mol. The van der Waals surface area contributed by atoms with Crippen LogP contribution in [-0.4, -0.2) is 5.11 Å². The van der Waals surface area contributed by atoms with Crippen LogP contribution in [0.15, 0.2) is 60.6 Å². The minimum absolute atomic E-state index is 0.154. The minimum Gasteiger partial charge on any atom is -0.508 e. The number of hydrogen-bond donors (Lipinski definition) is 1. The van der Waals surface area contributed by atoms with Crippen LogP contribution in [0, 0.1) is 11.8 Å². The lowest BCUT2D eigenvalue weighted by Crippen LogP contribution is -2.01. The van der Waals surface area contributed by atoms with Gasteiger partial charge < -0.3 is 9.52 Å². The van der Waals surface area contributed by atoms with Gasteiger partial charge in [0, 0.05) is 16.1 Å². The van der Waals surface area contributed by atoms with Crippen molar-refractivity contribution >= 4 is 42.8 Å². The number of aromatic hydroxyl groups is 1. The largest absolute Gasteiger partial charge is 0.508 e. The number of phenolic OH excluding ortho intramolecular Hbond substituents is 1. The van der Waals surface area contributed by atoms with Crippen LogP contribution in [0.3, 0.4) is 0 Å². The van der Waals surface area contributed by atoms with Gasteiger partial charge in [-0.3, -0.25) is 4.79 Å². The molecule has 0 aliphatic rings. The van der Waals surface area contributed by atoms with Crippen LogP contribution in [0.5, 0.6) is 5.75 Å². The van der Waals surface area contributed by atoms with Crippen LogP contribution in [0.4, 0.5) is 0 Å². The Morgan fingerprint density at radius 3 is 2.45 bits per heavy atom. The Balaban J connectivity index is 2.10. The van der Waals surface area contributed by atoms with Gasteiger partial charge in [0.1, 0.15) is 5.75 Å². The highest BCUT2D eigenvalue weighted by Gasteiger charge is 2.08. The summed E-state index contributed by atoms with van der Waals surface area (Å²) in [5.41, 5.74) is 1.03. The van der Waals surface area contributed by atoms with Gasteiger partial charge in [-0.1, -0.05) is 21.9 Å². The Morgan fingerprint density at radius 2 is 1.73 bits per heavy atom. The Hall–Kier alpha value is -2.03. The predicted molar refractivity (Wildman–Crippen MR) is 92.0 cm³/mol. The first kappa shape index (κ1) is 14.9. The van der Waals surface area contributed by atoms with E-state index in [1.807, 2.05) is 6.07 Å². The van der Waals surface area contributed by atoms with Gasteiger partial charge in [-0.2, -0.15) is 0 Å². The molecule has 0 aliphatic heterocycles. The van der Waals surface area contributed by atoms with Gasteiger partial charge in [-0.05, 0) is 58.2 Å². The van der Waals surface area contributed by atoms with Crippen molar-refractivity contribution in [2.75, 3.05) is 0 Å². The maximum absolute atomic E-state index is 12.2. The van der Waals surface area contributed by atoms with Gasteiger partial charge in [0.05, 0.1) is 9.86 Å². The Labute approximate surface area is 142 Å². The Kier molecular flexibility index (Phi) is 4.06. The topological polar surface area (TPSA) is 50.4 Å². The molecule has 0 bridgehead atoms. The standard InChI is InChI=1S/C17H8Br2O3/c18-11-7-14-16(21)9-13(22-17(14)15(19)8-11)6-3-10-1-4-12(20)5-2-10/h1-2,4-5,7-9,20H. The lowest BCUT2D eigenvalue weighted by atomic mass is 10.2. The molecule has 0 radical (unpaired) electrons. The van der Waals surface area contributed by atoms with Gasteiger partial charge in [0.15, 0.2) is 16.8 Å². The summed E-state index contributed by atoms with van der Waals surface area (Å²) in [6, 6.07) is 11.4. The maximum Gasteiger partial charge on any atom is 0.194 e. The fraction of sp³-hybridized carbons (Fsp3) is 0. The van der Waals surface area contributed by atoms with Crippen molar-refractivity contribution in [2.45, 2.75) is 0 Å². The normalized spacial score (nSPS) is 10.3. The van der Waals surface area contributed by atoms with E-state index < -0.39 is 0 Å². The monoisotopic (exact) mass is 418 g/mol. The van der Waals surface area contributed by atoms with Crippen LogP contribution in [0.1, 0.15) is 11.3 Å². The second-order valence-electron chi connectivity index (χ2n) is 4.54. The van der Waals surface area contributed by atoms with Crippen LogP contribution in [-0.2, 0) is 0 Å². The molecule has 1 N–H and O–H groups in total. The zero-order valence-corrected chi connectivity index (χ0v) is 14.2. The van der Waals surface area contributed by atoms with Crippen molar-refractivity contribution in [1.29, 1.82) is 0 Å². The van der Waals surface area contributed by atoms with Crippen LogP contribution in [0.25, 0.3) is 11.0 Å². The second kappa shape index (κ2) is 5.99. The quantitative estimate of drug-likeness (QED) is 0.548. The Bertz CT molecular complexity index is 977. The summed E-state index contributed by atoms with van der Waals surface area (Å²) in [7, 11) is 0. The second-order valence-corrected chi connectivity index (χ2v) is 6.31. The summed E-state index contributed by atoms with van der Waals surface area (Å²) in [4.78, 5) is 12.2. The molecule has 0 fully saturated rings. The van der Waals surface area contributed by atoms with Gasteiger partial charge in [0.2, 0.25) is 0 Å². The number of hydrogen-bond acceptors (Lipinski definition) is 3. The zero-order valence-electron chi connectivity index (χ0n) is 11.1. The van der Waals surface area contributed by atoms with Crippen molar-refractivity contribution in [3.05, 3.63) is 73.0 Å². The number of rotatable bonds is 0. The van der Waals surface area contributed by atoms with E-state index >= 15 is 0 Å². The third-order valence-electron chi connectivity index (χ3n) is 2.95. The molecule has 3 nitrogen and oxygen atoms in total. The van der Waals surface area contributed by atoms with E-state index in [1.54, 1.807) is 30.3 Å². The van der Waals surface area contributed by atoms with Crippen LogP contribution in [0.2, 0.25) is 0 Å². The lowest BCUT2D eigenvalue weighted by Gasteiger charge is -2.01. The number of benzene rings is 2. The fourth-order valence-electron chi connectivity index (χ4n) is 1.92. The molecule has 108 valence electrons. The number of phenols is 1. The molecule has 0 spiro atoms. The van der Waals surface area contributed by atoms with Crippen LogP contribution < -0.4 is 5.43 Å². The predicted octanol–water partition coefficient (Wildman–Crippen LogP) is 4.42. The first-order valence-electron chi connectivity index (χ1n) is 6.27. The molecule has 5 heteroatoms. The van der Waals surface area contributed by atoms with Gasteiger partial charge >= 0.3 is 0 Å². The molecule has 3 rings (SSSR count). The molecule has 0 amide bonds. The number of fused-ring (bicyclic) bond motifs is 1. The lowest BCUT2D eigenvalue weighted by molar-refractivity contribution is 0.475. The van der Waals surface area contributed by atoms with Crippen molar-refractivity contribution in [2.24, 2.45) is 0 Å². The zero-order chi connectivity index (χ0) is 15.7. The first-order chi connectivity index (χ1) is 10.5. The van der Waals surface area contributed by atoms with E-state index in [1.165, 1.54) is 6.07 Å². The smallest absolute Gasteiger partial charge is 0.194 e. The highest BCUT2D eigenvalue weighted by molar-refractivity contribution is 9.11. The van der Waals surface area contributed by atoms with Crippen molar-refractivity contribution in [3.8, 4) is 17.6 Å². The van der Waals surface area contributed by atoms with Crippen molar-refractivity contribution in [3.63, 3.8) is 0 Å². The average Bonchev–Trinajstić information content (AvgIpc) is 2.48. The molecular formula is C17H8Br2O3. The maximum atomic E-state index is 12.2. The van der Waals surface area contributed by atoms with Gasteiger partial charge in [0.25, 0.3) is 0 Å². The van der Waals surface area contributed by atoms with E-state index in [-0.39, 0.29) is 16.9 Å². The first-order valence-corrected chi connectivity index (χ1v) is 7.85. The van der Waals surface area contributed by atoms with E-state index in [4.69, 9.17) is 4.42 Å². The third-order valence-corrected chi connectivity index (χ3v) is 3.99. The molecule has 0 aliphatic carbocycles. The molecule has 1 aromatic heterocycles. The molecule has 0 saturated carbocycles. The SMILES string of the molecule is O=c1cc(C#Cc2ccc(O)cc2)oc2c(Br)cc(Br)cc12.